The molecule has 1 heterocycles. The minimum absolute atomic E-state index is 0. The molecule has 98 valence electrons. The number of carbonyl (C=O) groups is 1. The number of amides is 1. The molecule has 0 unspecified atom stereocenters. The Morgan fingerprint density at radius 2 is 2.18 bits per heavy atom. The van der Waals surface area contributed by atoms with Crippen LogP contribution < -0.4 is 11.1 Å². The Morgan fingerprint density at radius 3 is 2.71 bits per heavy atom. The molecule has 6 heteroatoms. The van der Waals surface area contributed by atoms with E-state index in [2.05, 4.69) is 24.3 Å². The summed E-state index contributed by atoms with van der Waals surface area (Å²) in [5, 5.41) is 6.64. The Labute approximate surface area is 108 Å². The molecule has 0 aliphatic carbocycles. The lowest BCUT2D eigenvalue weighted by molar-refractivity contribution is -0.119. The van der Waals surface area contributed by atoms with E-state index in [0.29, 0.717) is 18.2 Å². The van der Waals surface area contributed by atoms with Crippen LogP contribution in [0.4, 0.5) is 0 Å². The molecular formula is C11H20ClN3O2. The second-order valence-corrected chi connectivity index (χ2v) is 3.71. The van der Waals surface area contributed by atoms with Gasteiger partial charge in [-0.25, -0.2) is 0 Å². The van der Waals surface area contributed by atoms with Crippen molar-refractivity contribution in [2.45, 2.75) is 39.2 Å². The van der Waals surface area contributed by atoms with Crippen LogP contribution in [-0.2, 0) is 11.3 Å². The number of nitrogens with one attached hydrogen (secondary N) is 1. The molecule has 0 radical (unpaired) electrons. The molecule has 3 N–H and O–H groups in total. The van der Waals surface area contributed by atoms with Crippen LogP contribution in [-0.4, -0.2) is 17.6 Å². The van der Waals surface area contributed by atoms with Crippen LogP contribution in [0.5, 0.6) is 0 Å². The zero-order valence-electron chi connectivity index (χ0n) is 10.2. The molecule has 0 aromatic carbocycles. The van der Waals surface area contributed by atoms with Gasteiger partial charge in [-0.15, -0.1) is 12.4 Å². The van der Waals surface area contributed by atoms with Gasteiger partial charge in [0.15, 0.2) is 5.76 Å². The van der Waals surface area contributed by atoms with E-state index in [9.17, 15) is 4.79 Å². The van der Waals surface area contributed by atoms with Crippen molar-refractivity contribution in [3.63, 3.8) is 0 Å². The Hall–Kier alpha value is -1.07. The van der Waals surface area contributed by atoms with Crippen LogP contribution in [0.15, 0.2) is 10.6 Å². The molecule has 1 rings (SSSR count). The summed E-state index contributed by atoms with van der Waals surface area (Å²) < 4.78 is 5.14. The third kappa shape index (κ3) is 4.75. The van der Waals surface area contributed by atoms with Crippen LogP contribution in [0.3, 0.4) is 0 Å². The van der Waals surface area contributed by atoms with E-state index in [1.54, 1.807) is 0 Å². The Kier molecular flexibility index (Phi) is 7.58. The number of hydrogen-bond acceptors (Lipinski definition) is 4. The summed E-state index contributed by atoms with van der Waals surface area (Å²) in [6.45, 7) is 4.59. The van der Waals surface area contributed by atoms with Gasteiger partial charge >= 0.3 is 0 Å². The van der Waals surface area contributed by atoms with Crippen LogP contribution in [0.2, 0.25) is 0 Å². The molecule has 0 saturated carbocycles. The number of rotatable bonds is 6. The molecule has 5 nitrogen and oxygen atoms in total. The molecule has 1 aromatic rings. The molecule has 0 spiro atoms. The van der Waals surface area contributed by atoms with Gasteiger partial charge in [-0.2, -0.15) is 0 Å². The number of nitrogens with two attached hydrogens (primary N) is 1. The highest BCUT2D eigenvalue weighted by molar-refractivity contribution is 5.85. The van der Waals surface area contributed by atoms with Crippen LogP contribution in [0.1, 0.15) is 44.1 Å². The maximum absolute atomic E-state index is 10.9. The minimum atomic E-state index is -0.194. The van der Waals surface area contributed by atoms with Gasteiger partial charge in [-0.3, -0.25) is 4.79 Å². The van der Waals surface area contributed by atoms with Crippen molar-refractivity contribution in [3.8, 4) is 0 Å². The molecule has 0 bridgehead atoms. The molecule has 1 aromatic heterocycles. The lowest BCUT2D eigenvalue weighted by Crippen LogP contribution is -2.29. The van der Waals surface area contributed by atoms with E-state index in [1.165, 1.54) is 0 Å². The third-order valence-corrected chi connectivity index (χ3v) is 2.63. The smallest absolute Gasteiger partial charge is 0.234 e. The Bertz CT molecular complexity index is 337. The predicted molar refractivity (Wildman–Crippen MR) is 68.0 cm³/mol. The summed E-state index contributed by atoms with van der Waals surface area (Å²) in [6, 6.07) is 1.90. The number of hydrogen-bond donors (Lipinski definition) is 2. The predicted octanol–water partition coefficient (Wildman–Crippen LogP) is 1.57. The first-order valence-corrected chi connectivity index (χ1v) is 5.63. The molecular weight excluding hydrogens is 242 g/mol. The number of halogens is 1. The van der Waals surface area contributed by atoms with E-state index in [4.69, 9.17) is 10.3 Å². The number of carbonyl (C=O) groups excluding carboxylic acids is 1. The van der Waals surface area contributed by atoms with Crippen molar-refractivity contribution in [2.75, 3.05) is 6.54 Å². The van der Waals surface area contributed by atoms with Gasteiger partial charge < -0.3 is 15.6 Å². The maximum atomic E-state index is 10.9. The van der Waals surface area contributed by atoms with Crippen LogP contribution in [0, 0.1) is 0 Å². The van der Waals surface area contributed by atoms with E-state index in [1.807, 2.05) is 6.07 Å². The van der Waals surface area contributed by atoms with Crippen molar-refractivity contribution in [2.24, 2.45) is 5.73 Å². The van der Waals surface area contributed by atoms with Crippen molar-refractivity contribution >= 4 is 18.3 Å². The molecule has 17 heavy (non-hydrogen) atoms. The average Bonchev–Trinajstić information content (AvgIpc) is 2.76. The van der Waals surface area contributed by atoms with Crippen molar-refractivity contribution in [1.82, 2.24) is 10.5 Å². The molecule has 0 atom stereocenters. The molecule has 0 saturated heterocycles. The topological polar surface area (TPSA) is 81.2 Å². The number of aromatic nitrogens is 1. The minimum Gasteiger partial charge on any atom is -0.359 e. The summed E-state index contributed by atoms with van der Waals surface area (Å²) >= 11 is 0. The molecule has 0 aliphatic heterocycles. The van der Waals surface area contributed by atoms with Gasteiger partial charge in [-0.05, 0) is 12.8 Å². The monoisotopic (exact) mass is 261 g/mol. The van der Waals surface area contributed by atoms with E-state index >= 15 is 0 Å². The van der Waals surface area contributed by atoms with Gasteiger partial charge in [0.05, 0.1) is 18.8 Å². The third-order valence-electron chi connectivity index (χ3n) is 2.63. The average molecular weight is 262 g/mol. The summed E-state index contributed by atoms with van der Waals surface area (Å²) in [5.74, 6) is 0.909. The zero-order valence-corrected chi connectivity index (χ0v) is 11.0. The first-order valence-electron chi connectivity index (χ1n) is 5.63. The Morgan fingerprint density at radius 1 is 1.53 bits per heavy atom. The summed E-state index contributed by atoms with van der Waals surface area (Å²) in [7, 11) is 0. The van der Waals surface area contributed by atoms with Crippen molar-refractivity contribution in [3.05, 3.63) is 17.5 Å². The molecule has 1 amide bonds. The Balaban J connectivity index is 0.00000256. The van der Waals surface area contributed by atoms with Gasteiger partial charge in [0.25, 0.3) is 0 Å². The quantitative estimate of drug-likeness (QED) is 0.815. The first-order chi connectivity index (χ1) is 7.71. The van der Waals surface area contributed by atoms with E-state index in [0.717, 1.165) is 18.5 Å². The van der Waals surface area contributed by atoms with Gasteiger partial charge in [-0.1, -0.05) is 19.0 Å². The second-order valence-electron chi connectivity index (χ2n) is 3.71. The first kappa shape index (κ1) is 15.9. The highest BCUT2D eigenvalue weighted by atomic mass is 35.5. The normalized spacial score (nSPS) is 10.1. The standard InChI is InChI=1S/C11H19N3O2.ClH/c1-3-8(4-2)10-5-9(16-14-10)7-13-11(15)6-12;/h5,8H,3-4,6-7,12H2,1-2H3,(H,13,15);1H. The zero-order chi connectivity index (χ0) is 12.0. The van der Waals surface area contributed by atoms with Crippen LogP contribution in [0.25, 0.3) is 0 Å². The highest BCUT2D eigenvalue weighted by Crippen LogP contribution is 2.22. The lowest BCUT2D eigenvalue weighted by Gasteiger charge is -2.05. The lowest BCUT2D eigenvalue weighted by atomic mass is 9.99. The summed E-state index contributed by atoms with van der Waals surface area (Å²) in [6.07, 6.45) is 2.08. The van der Waals surface area contributed by atoms with E-state index < -0.39 is 0 Å². The maximum Gasteiger partial charge on any atom is 0.234 e. The van der Waals surface area contributed by atoms with Gasteiger partial charge in [0.1, 0.15) is 0 Å². The largest absolute Gasteiger partial charge is 0.359 e. The SMILES string of the molecule is CCC(CC)c1cc(CNC(=O)CN)on1.Cl. The van der Waals surface area contributed by atoms with Crippen molar-refractivity contribution in [1.29, 1.82) is 0 Å². The van der Waals surface area contributed by atoms with Crippen molar-refractivity contribution < 1.29 is 9.32 Å². The fraction of sp³-hybridized carbons (Fsp3) is 0.636. The molecule has 0 aliphatic rings. The van der Waals surface area contributed by atoms with Gasteiger partial charge in [0.2, 0.25) is 5.91 Å². The summed E-state index contributed by atoms with van der Waals surface area (Å²) in [5.41, 5.74) is 6.13. The highest BCUT2D eigenvalue weighted by Gasteiger charge is 2.12. The fourth-order valence-electron chi connectivity index (χ4n) is 1.57. The number of nitrogens with zero attached hydrogens (tertiary/aromatic N) is 1. The van der Waals surface area contributed by atoms with Gasteiger partial charge in [0, 0.05) is 12.0 Å². The second kappa shape index (κ2) is 8.08. The van der Waals surface area contributed by atoms with E-state index in [-0.39, 0.29) is 24.9 Å². The fourth-order valence-corrected chi connectivity index (χ4v) is 1.57. The summed E-state index contributed by atoms with van der Waals surface area (Å²) in [4.78, 5) is 10.9. The molecule has 0 fully saturated rings. The van der Waals surface area contributed by atoms with Crippen LogP contribution >= 0.6 is 12.4 Å².